The van der Waals surface area contributed by atoms with E-state index < -0.39 is 0 Å². The molecular weight excluding hydrogens is 400 g/mol. The van der Waals surface area contributed by atoms with E-state index in [2.05, 4.69) is 36.0 Å². The van der Waals surface area contributed by atoms with Crippen molar-refractivity contribution in [1.29, 1.82) is 0 Å². The van der Waals surface area contributed by atoms with Crippen molar-refractivity contribution < 1.29 is 9.59 Å². The molecule has 0 atom stereocenters. The van der Waals surface area contributed by atoms with Gasteiger partial charge >= 0.3 is 0 Å². The fraction of sp³-hybridized carbons (Fsp3) is 0.435. The van der Waals surface area contributed by atoms with Crippen LogP contribution in [0.3, 0.4) is 0 Å². The Morgan fingerprint density at radius 2 is 1.83 bits per heavy atom. The van der Waals surface area contributed by atoms with E-state index in [9.17, 15) is 9.59 Å². The number of halogens is 1. The van der Waals surface area contributed by atoms with Crippen LogP contribution in [0, 0.1) is 5.92 Å². The zero-order valence-electron chi connectivity index (χ0n) is 17.8. The molecule has 2 heterocycles. The maximum atomic E-state index is 12.9. The molecule has 1 saturated heterocycles. The molecule has 7 heteroatoms. The summed E-state index contributed by atoms with van der Waals surface area (Å²) in [6.07, 6.45) is 2.78. The highest BCUT2D eigenvalue weighted by atomic mass is 35.5. The van der Waals surface area contributed by atoms with Gasteiger partial charge in [0.25, 0.3) is 5.91 Å². The highest BCUT2D eigenvalue weighted by Crippen LogP contribution is 2.23. The first kappa shape index (κ1) is 22.1. The first-order chi connectivity index (χ1) is 14.4. The average Bonchev–Trinajstić information content (AvgIpc) is 2.75. The summed E-state index contributed by atoms with van der Waals surface area (Å²) in [6, 6.07) is 11.6. The lowest BCUT2D eigenvalue weighted by atomic mass is 9.95. The van der Waals surface area contributed by atoms with E-state index in [-0.39, 0.29) is 17.7 Å². The van der Waals surface area contributed by atoms with Crippen molar-refractivity contribution in [3.05, 3.63) is 53.2 Å². The van der Waals surface area contributed by atoms with Crippen molar-refractivity contribution in [2.75, 3.05) is 29.9 Å². The molecule has 1 aromatic carbocycles. The van der Waals surface area contributed by atoms with Crippen molar-refractivity contribution >= 4 is 34.9 Å². The second kappa shape index (κ2) is 9.94. The molecule has 30 heavy (non-hydrogen) atoms. The lowest BCUT2D eigenvalue weighted by molar-refractivity contribution is -0.121. The summed E-state index contributed by atoms with van der Waals surface area (Å²) < 4.78 is 0. The first-order valence-electron chi connectivity index (χ1n) is 10.5. The molecule has 160 valence electrons. The van der Waals surface area contributed by atoms with Gasteiger partial charge in [0.2, 0.25) is 5.91 Å². The molecule has 0 spiro atoms. The van der Waals surface area contributed by atoms with E-state index in [0.29, 0.717) is 48.4 Å². The molecule has 1 fully saturated rings. The van der Waals surface area contributed by atoms with Crippen LogP contribution in [0.2, 0.25) is 5.02 Å². The van der Waals surface area contributed by atoms with Crippen LogP contribution >= 0.6 is 11.6 Å². The van der Waals surface area contributed by atoms with Crippen molar-refractivity contribution in [1.82, 2.24) is 9.88 Å². The number of likely N-dealkylation sites (tertiary alicyclic amines) is 1. The van der Waals surface area contributed by atoms with Crippen molar-refractivity contribution in [3.8, 4) is 0 Å². The summed E-state index contributed by atoms with van der Waals surface area (Å²) in [7, 11) is 0. The minimum atomic E-state index is -0.127. The first-order valence-corrected chi connectivity index (χ1v) is 10.8. The highest BCUT2D eigenvalue weighted by molar-refractivity contribution is 6.30. The van der Waals surface area contributed by atoms with Crippen LogP contribution < -0.4 is 10.2 Å². The molecule has 1 aromatic heterocycles. The zero-order chi connectivity index (χ0) is 21.7. The van der Waals surface area contributed by atoms with Crippen LogP contribution in [0.25, 0.3) is 0 Å². The predicted octanol–water partition coefficient (Wildman–Crippen LogP) is 4.46. The number of hydrogen-bond donors (Lipinski definition) is 1. The summed E-state index contributed by atoms with van der Waals surface area (Å²) in [5.41, 5.74) is 1.81. The third-order valence-corrected chi connectivity index (χ3v) is 5.77. The Hall–Kier alpha value is -2.60. The van der Waals surface area contributed by atoms with Gasteiger partial charge in [-0.2, -0.15) is 0 Å². The number of nitrogens with zero attached hydrogens (tertiary/aromatic N) is 3. The molecular formula is C23H29ClN4O2. The number of hydrogen-bond acceptors (Lipinski definition) is 4. The van der Waals surface area contributed by atoms with E-state index in [1.165, 1.54) is 6.20 Å². The Labute approximate surface area is 183 Å². The van der Waals surface area contributed by atoms with Gasteiger partial charge in [0, 0.05) is 49.0 Å². The maximum absolute atomic E-state index is 12.9. The molecule has 0 saturated carbocycles. The lowest BCUT2D eigenvalue weighted by Crippen LogP contribution is -2.41. The monoisotopic (exact) mass is 428 g/mol. The van der Waals surface area contributed by atoms with Crippen LogP contribution in [0.4, 0.5) is 11.5 Å². The molecule has 0 unspecified atom stereocenters. The Morgan fingerprint density at radius 3 is 2.37 bits per heavy atom. The normalized spacial score (nSPS) is 14.6. The predicted molar refractivity (Wildman–Crippen MR) is 121 cm³/mol. The Balaban J connectivity index is 1.54. The van der Waals surface area contributed by atoms with Gasteiger partial charge in [0.1, 0.15) is 5.82 Å². The number of pyridine rings is 1. The lowest BCUT2D eigenvalue weighted by Gasteiger charge is -2.31. The molecule has 1 aliphatic heterocycles. The number of amides is 2. The van der Waals surface area contributed by atoms with Crippen molar-refractivity contribution in [2.24, 2.45) is 5.92 Å². The molecule has 0 aliphatic carbocycles. The van der Waals surface area contributed by atoms with Gasteiger partial charge < -0.3 is 15.1 Å². The molecule has 1 N–H and O–H groups in total. The minimum absolute atomic E-state index is 0.0207. The fourth-order valence-electron chi connectivity index (χ4n) is 3.85. The van der Waals surface area contributed by atoms with E-state index >= 15 is 0 Å². The second-order valence-corrected chi connectivity index (χ2v) is 8.28. The smallest absolute Gasteiger partial charge is 0.253 e. The molecule has 2 amide bonds. The topological polar surface area (TPSA) is 65.5 Å². The van der Waals surface area contributed by atoms with Crippen LogP contribution in [0.5, 0.6) is 0 Å². The van der Waals surface area contributed by atoms with Crippen LogP contribution in [-0.4, -0.2) is 47.4 Å². The van der Waals surface area contributed by atoms with Gasteiger partial charge in [-0.25, -0.2) is 4.98 Å². The largest absolute Gasteiger partial charge is 0.369 e. The van der Waals surface area contributed by atoms with E-state index in [4.69, 9.17) is 11.6 Å². The maximum Gasteiger partial charge on any atom is 0.253 e. The summed E-state index contributed by atoms with van der Waals surface area (Å²) in [5, 5.41) is 3.36. The number of nitrogens with one attached hydrogen (secondary N) is 1. The highest BCUT2D eigenvalue weighted by Gasteiger charge is 2.28. The summed E-state index contributed by atoms with van der Waals surface area (Å²) in [5.74, 6) is 0.325. The molecule has 3 rings (SSSR count). The molecule has 6 nitrogen and oxygen atoms in total. The van der Waals surface area contributed by atoms with E-state index in [0.717, 1.165) is 12.2 Å². The molecule has 0 radical (unpaired) electrons. The molecule has 1 aliphatic rings. The Kier molecular flexibility index (Phi) is 7.32. The standard InChI is InChI=1S/C23H29ClN4O2/c1-4-28(16(2)3)20-8-5-18(6-9-20)23(30)27-13-11-17(12-14-27)22(29)26-21-10-7-19(24)15-25-21/h5-10,15-17H,4,11-14H2,1-3H3,(H,25,26,29). The van der Waals surface area contributed by atoms with Gasteiger partial charge in [0.15, 0.2) is 0 Å². The van der Waals surface area contributed by atoms with Crippen LogP contribution in [-0.2, 0) is 4.79 Å². The minimum Gasteiger partial charge on any atom is -0.369 e. The zero-order valence-corrected chi connectivity index (χ0v) is 18.5. The number of rotatable bonds is 6. The SMILES string of the molecule is CCN(c1ccc(C(=O)N2CCC(C(=O)Nc3ccc(Cl)cn3)CC2)cc1)C(C)C. The Morgan fingerprint density at radius 1 is 1.17 bits per heavy atom. The fourth-order valence-corrected chi connectivity index (χ4v) is 3.96. The number of aromatic nitrogens is 1. The van der Waals surface area contributed by atoms with E-state index in [1.807, 2.05) is 29.2 Å². The Bertz CT molecular complexity index is 860. The summed E-state index contributed by atoms with van der Waals surface area (Å²) >= 11 is 5.82. The third kappa shape index (κ3) is 5.30. The number of anilines is 2. The molecule has 0 bridgehead atoms. The number of piperidine rings is 1. The van der Waals surface area contributed by atoms with E-state index in [1.54, 1.807) is 12.1 Å². The number of carbonyl (C=O) groups excluding carboxylic acids is 2. The van der Waals surface area contributed by atoms with Gasteiger partial charge in [-0.05, 0) is 70.0 Å². The van der Waals surface area contributed by atoms with Gasteiger partial charge in [-0.1, -0.05) is 11.6 Å². The number of benzene rings is 1. The van der Waals surface area contributed by atoms with Crippen LogP contribution in [0.1, 0.15) is 44.0 Å². The summed E-state index contributed by atoms with van der Waals surface area (Å²) in [4.78, 5) is 33.6. The summed E-state index contributed by atoms with van der Waals surface area (Å²) in [6.45, 7) is 8.51. The van der Waals surface area contributed by atoms with Crippen molar-refractivity contribution in [2.45, 2.75) is 39.7 Å². The third-order valence-electron chi connectivity index (χ3n) is 5.54. The van der Waals surface area contributed by atoms with Gasteiger partial charge in [-0.3, -0.25) is 9.59 Å². The second-order valence-electron chi connectivity index (χ2n) is 7.84. The quantitative estimate of drug-likeness (QED) is 0.737. The molecule has 2 aromatic rings. The van der Waals surface area contributed by atoms with Crippen molar-refractivity contribution in [3.63, 3.8) is 0 Å². The number of carbonyl (C=O) groups is 2. The van der Waals surface area contributed by atoms with Gasteiger partial charge in [0.05, 0.1) is 5.02 Å². The van der Waals surface area contributed by atoms with Crippen LogP contribution in [0.15, 0.2) is 42.6 Å². The van der Waals surface area contributed by atoms with Gasteiger partial charge in [-0.15, -0.1) is 0 Å². The average molecular weight is 429 g/mol.